The molecule has 0 aliphatic carbocycles. The van der Waals surface area contributed by atoms with E-state index in [2.05, 4.69) is 17.2 Å². The average molecular weight is 277 g/mol. The molecule has 4 heteroatoms. The molecule has 0 saturated carbocycles. The first-order valence-corrected chi connectivity index (χ1v) is 7.55. The number of hydrogen-bond donors (Lipinski definition) is 2. The summed E-state index contributed by atoms with van der Waals surface area (Å²) >= 11 is 0. The minimum Gasteiger partial charge on any atom is -0.350 e. The van der Waals surface area contributed by atoms with E-state index < -0.39 is 0 Å². The highest BCUT2D eigenvalue weighted by atomic mass is 16.1. The fourth-order valence-corrected chi connectivity index (χ4v) is 2.39. The van der Waals surface area contributed by atoms with Crippen LogP contribution in [0.5, 0.6) is 0 Å². The third-order valence-electron chi connectivity index (χ3n) is 3.46. The molecule has 1 atom stereocenters. The third kappa shape index (κ3) is 6.66. The van der Waals surface area contributed by atoms with Crippen molar-refractivity contribution in [2.75, 3.05) is 6.54 Å². The summed E-state index contributed by atoms with van der Waals surface area (Å²) in [6.45, 7) is 5.34. The summed E-state index contributed by atoms with van der Waals surface area (Å²) in [6.07, 6.45) is 4.83. The SMILES string of the molecule is CCCC(CCN)CCC(=O)NCc1cccc(C)n1. The van der Waals surface area contributed by atoms with Gasteiger partial charge in [0.05, 0.1) is 12.2 Å². The van der Waals surface area contributed by atoms with Crippen molar-refractivity contribution in [1.29, 1.82) is 0 Å². The lowest BCUT2D eigenvalue weighted by atomic mass is 9.94. The molecule has 1 rings (SSSR count). The normalized spacial score (nSPS) is 12.2. The molecule has 0 spiro atoms. The van der Waals surface area contributed by atoms with E-state index in [1.807, 2.05) is 25.1 Å². The second-order valence-electron chi connectivity index (χ2n) is 5.32. The summed E-state index contributed by atoms with van der Waals surface area (Å²) in [6, 6.07) is 5.84. The van der Waals surface area contributed by atoms with Crippen LogP contribution in [0.2, 0.25) is 0 Å². The number of pyridine rings is 1. The van der Waals surface area contributed by atoms with E-state index in [4.69, 9.17) is 5.73 Å². The third-order valence-corrected chi connectivity index (χ3v) is 3.46. The van der Waals surface area contributed by atoms with Gasteiger partial charge in [0.2, 0.25) is 5.91 Å². The Balaban J connectivity index is 2.29. The number of aryl methyl sites for hydroxylation is 1. The highest BCUT2D eigenvalue weighted by molar-refractivity contribution is 5.75. The molecule has 112 valence electrons. The molecule has 0 bridgehead atoms. The molecule has 20 heavy (non-hydrogen) atoms. The molecule has 1 aromatic rings. The number of nitrogens with two attached hydrogens (primary N) is 1. The Morgan fingerprint density at radius 2 is 2.15 bits per heavy atom. The number of nitrogens with one attached hydrogen (secondary N) is 1. The smallest absolute Gasteiger partial charge is 0.220 e. The van der Waals surface area contributed by atoms with Crippen molar-refractivity contribution in [3.05, 3.63) is 29.6 Å². The lowest BCUT2D eigenvalue weighted by Gasteiger charge is -2.14. The molecule has 1 unspecified atom stereocenters. The summed E-state index contributed by atoms with van der Waals surface area (Å²) in [4.78, 5) is 16.2. The predicted octanol–water partition coefficient (Wildman–Crippen LogP) is 2.55. The molecule has 4 nitrogen and oxygen atoms in total. The summed E-state index contributed by atoms with van der Waals surface area (Å²) in [5, 5.41) is 2.93. The minimum atomic E-state index is 0.103. The van der Waals surface area contributed by atoms with E-state index >= 15 is 0 Å². The number of rotatable bonds is 9. The molecular formula is C16H27N3O. The van der Waals surface area contributed by atoms with Crippen LogP contribution in [0.3, 0.4) is 0 Å². The van der Waals surface area contributed by atoms with Crippen LogP contribution < -0.4 is 11.1 Å². The lowest BCUT2D eigenvalue weighted by molar-refractivity contribution is -0.121. The van der Waals surface area contributed by atoms with Crippen LogP contribution in [0, 0.1) is 12.8 Å². The van der Waals surface area contributed by atoms with Crippen molar-refractivity contribution in [3.63, 3.8) is 0 Å². The minimum absolute atomic E-state index is 0.103. The van der Waals surface area contributed by atoms with Crippen LogP contribution >= 0.6 is 0 Å². The molecule has 1 amide bonds. The van der Waals surface area contributed by atoms with E-state index in [0.29, 0.717) is 25.4 Å². The van der Waals surface area contributed by atoms with E-state index in [1.165, 1.54) is 0 Å². The Morgan fingerprint density at radius 1 is 1.35 bits per heavy atom. The zero-order valence-electron chi connectivity index (χ0n) is 12.7. The van der Waals surface area contributed by atoms with Crippen molar-refractivity contribution >= 4 is 5.91 Å². The van der Waals surface area contributed by atoms with Gasteiger partial charge in [-0.2, -0.15) is 0 Å². The molecule has 0 fully saturated rings. The van der Waals surface area contributed by atoms with Crippen molar-refractivity contribution in [1.82, 2.24) is 10.3 Å². The number of carbonyl (C=O) groups is 1. The quantitative estimate of drug-likeness (QED) is 0.729. The summed E-state index contributed by atoms with van der Waals surface area (Å²) in [5.41, 5.74) is 7.49. The Labute approximate surface area is 122 Å². The zero-order chi connectivity index (χ0) is 14.8. The van der Waals surface area contributed by atoms with Gasteiger partial charge >= 0.3 is 0 Å². The molecule has 0 aromatic carbocycles. The van der Waals surface area contributed by atoms with Gasteiger partial charge in [0.25, 0.3) is 0 Å². The topological polar surface area (TPSA) is 68.0 Å². The Hall–Kier alpha value is -1.42. The van der Waals surface area contributed by atoms with Crippen LogP contribution in [0.4, 0.5) is 0 Å². The lowest BCUT2D eigenvalue weighted by Crippen LogP contribution is -2.24. The first kappa shape index (κ1) is 16.6. The highest BCUT2D eigenvalue weighted by Gasteiger charge is 2.10. The first-order chi connectivity index (χ1) is 9.65. The molecule has 0 radical (unpaired) electrons. The number of carbonyl (C=O) groups excluding carboxylic acids is 1. The number of aromatic nitrogens is 1. The standard InChI is InChI=1S/C16H27N3O/c1-3-5-14(10-11-17)8-9-16(20)18-12-15-7-4-6-13(2)19-15/h4,6-7,14H,3,5,8-12,17H2,1-2H3,(H,18,20). The second-order valence-corrected chi connectivity index (χ2v) is 5.32. The van der Waals surface area contributed by atoms with Crippen molar-refractivity contribution < 1.29 is 4.79 Å². The van der Waals surface area contributed by atoms with Gasteiger partial charge < -0.3 is 11.1 Å². The largest absolute Gasteiger partial charge is 0.350 e. The molecule has 1 aromatic heterocycles. The van der Waals surface area contributed by atoms with Gasteiger partial charge in [-0.1, -0.05) is 25.8 Å². The number of hydrogen-bond acceptors (Lipinski definition) is 3. The molecular weight excluding hydrogens is 250 g/mol. The molecule has 1 heterocycles. The van der Waals surface area contributed by atoms with Crippen LogP contribution in [-0.4, -0.2) is 17.4 Å². The number of nitrogens with zero attached hydrogens (tertiary/aromatic N) is 1. The van der Waals surface area contributed by atoms with Gasteiger partial charge in [0.15, 0.2) is 0 Å². The van der Waals surface area contributed by atoms with Gasteiger partial charge in [-0.05, 0) is 44.4 Å². The van der Waals surface area contributed by atoms with E-state index in [1.54, 1.807) is 0 Å². The average Bonchev–Trinajstić information content (AvgIpc) is 2.43. The fourth-order valence-electron chi connectivity index (χ4n) is 2.39. The molecule has 0 saturated heterocycles. The molecule has 0 aliphatic heterocycles. The Kier molecular flexibility index (Phi) is 7.88. The summed E-state index contributed by atoms with van der Waals surface area (Å²) in [7, 11) is 0. The van der Waals surface area contributed by atoms with Crippen LogP contribution in [0.15, 0.2) is 18.2 Å². The van der Waals surface area contributed by atoms with Crippen molar-refractivity contribution in [2.45, 2.75) is 52.5 Å². The molecule has 3 N–H and O–H groups in total. The van der Waals surface area contributed by atoms with Gasteiger partial charge in [-0.15, -0.1) is 0 Å². The predicted molar refractivity (Wildman–Crippen MR) is 82.1 cm³/mol. The van der Waals surface area contributed by atoms with Crippen molar-refractivity contribution in [3.8, 4) is 0 Å². The van der Waals surface area contributed by atoms with E-state index in [0.717, 1.165) is 37.1 Å². The van der Waals surface area contributed by atoms with Gasteiger partial charge in [0, 0.05) is 12.1 Å². The maximum Gasteiger partial charge on any atom is 0.220 e. The number of amides is 1. The van der Waals surface area contributed by atoms with Gasteiger partial charge in [-0.25, -0.2) is 0 Å². The monoisotopic (exact) mass is 277 g/mol. The van der Waals surface area contributed by atoms with Crippen LogP contribution in [0.25, 0.3) is 0 Å². The highest BCUT2D eigenvalue weighted by Crippen LogP contribution is 2.16. The Bertz CT molecular complexity index is 400. The first-order valence-electron chi connectivity index (χ1n) is 7.55. The summed E-state index contributed by atoms with van der Waals surface area (Å²) < 4.78 is 0. The Morgan fingerprint density at radius 3 is 2.80 bits per heavy atom. The van der Waals surface area contributed by atoms with Crippen molar-refractivity contribution in [2.24, 2.45) is 11.7 Å². The zero-order valence-corrected chi connectivity index (χ0v) is 12.7. The molecule has 0 aliphatic rings. The van der Waals surface area contributed by atoms with Crippen LogP contribution in [-0.2, 0) is 11.3 Å². The maximum atomic E-state index is 11.8. The van der Waals surface area contributed by atoms with Gasteiger partial charge in [-0.3, -0.25) is 9.78 Å². The fraction of sp³-hybridized carbons (Fsp3) is 0.625. The van der Waals surface area contributed by atoms with E-state index in [-0.39, 0.29) is 5.91 Å². The van der Waals surface area contributed by atoms with Crippen LogP contribution in [0.1, 0.15) is 50.4 Å². The van der Waals surface area contributed by atoms with E-state index in [9.17, 15) is 4.79 Å². The van der Waals surface area contributed by atoms with Gasteiger partial charge in [0.1, 0.15) is 0 Å². The maximum absolute atomic E-state index is 11.8. The summed E-state index contributed by atoms with van der Waals surface area (Å²) in [5.74, 6) is 0.680. The second kappa shape index (κ2) is 9.48.